The van der Waals surface area contributed by atoms with Crippen molar-refractivity contribution >= 4 is 60.6 Å². The molecule has 4 heterocycles. The number of nitrogen functional groups attached to an aromatic ring is 2. The number of nitrogens with zero attached hydrogens (tertiary/aromatic N) is 6. The van der Waals surface area contributed by atoms with Gasteiger partial charge in [0.15, 0.2) is 5.82 Å². The van der Waals surface area contributed by atoms with E-state index in [-0.39, 0.29) is 71.5 Å². The van der Waals surface area contributed by atoms with E-state index in [1.54, 1.807) is 6.20 Å². The normalized spacial score (nSPS) is 17.2. The lowest BCUT2D eigenvalue weighted by molar-refractivity contribution is 0.117. The molecule has 5 aromatic rings. The molecule has 5 N–H and O–H groups in total. The summed E-state index contributed by atoms with van der Waals surface area (Å²) in [6.07, 6.45) is 2.65. The van der Waals surface area contributed by atoms with Gasteiger partial charge in [0, 0.05) is 41.2 Å². The van der Waals surface area contributed by atoms with Crippen LogP contribution < -0.4 is 21.5 Å². The topological polar surface area (TPSA) is 161 Å². The Labute approximate surface area is 265 Å². The van der Waals surface area contributed by atoms with Crippen LogP contribution in [-0.2, 0) is 4.74 Å². The molecule has 0 bridgehead atoms. The van der Waals surface area contributed by atoms with Gasteiger partial charge in [-0.1, -0.05) is 24.6 Å². The van der Waals surface area contributed by atoms with Gasteiger partial charge in [-0.2, -0.15) is 15.2 Å². The Bertz CT molecular complexity index is 1980. The van der Waals surface area contributed by atoms with Gasteiger partial charge in [-0.3, -0.25) is 4.98 Å². The monoisotopic (exact) mass is 651 g/mol. The predicted octanol–water partition coefficient (Wildman–Crippen LogP) is 5.19. The number of aromatic nitrogens is 4. The van der Waals surface area contributed by atoms with Crippen molar-refractivity contribution in [3.63, 3.8) is 0 Å². The first-order chi connectivity index (χ1) is 21.6. The smallest absolute Gasteiger partial charge is 0.319 e. The van der Waals surface area contributed by atoms with Gasteiger partial charge >= 0.3 is 6.01 Å². The third-order valence-electron chi connectivity index (χ3n) is 7.78. The Morgan fingerprint density at radius 2 is 2.00 bits per heavy atom. The van der Waals surface area contributed by atoms with E-state index >= 15 is 4.39 Å². The predicted molar refractivity (Wildman–Crippen MR) is 170 cm³/mol. The molecular formula is C30H28ClF2N9O2S. The molecule has 0 amide bonds. The van der Waals surface area contributed by atoms with Crippen LogP contribution in [0, 0.1) is 23.0 Å². The lowest BCUT2D eigenvalue weighted by atomic mass is 9.97. The molecule has 1 fully saturated rings. The molecule has 6 rings (SSSR count). The Morgan fingerprint density at radius 3 is 2.73 bits per heavy atom. The molecule has 1 saturated heterocycles. The molecule has 1 aliphatic heterocycles. The van der Waals surface area contributed by atoms with Crippen LogP contribution in [0.1, 0.15) is 24.1 Å². The van der Waals surface area contributed by atoms with Crippen LogP contribution in [0.2, 0.25) is 5.02 Å². The summed E-state index contributed by atoms with van der Waals surface area (Å²) in [4.78, 5) is 19.5. The van der Waals surface area contributed by atoms with E-state index < -0.39 is 17.7 Å². The highest BCUT2D eigenvalue weighted by atomic mass is 35.5. The number of rotatable bonds is 8. The molecule has 0 spiro atoms. The van der Waals surface area contributed by atoms with Crippen molar-refractivity contribution in [2.45, 2.75) is 25.0 Å². The number of benzene rings is 2. The van der Waals surface area contributed by atoms with E-state index in [2.05, 4.69) is 25.3 Å². The molecule has 3 atom stereocenters. The highest BCUT2D eigenvalue weighted by molar-refractivity contribution is 7.23. The average Bonchev–Trinajstić information content (AvgIpc) is 3.61. The Kier molecular flexibility index (Phi) is 8.27. The van der Waals surface area contributed by atoms with Crippen LogP contribution in [0.4, 0.5) is 25.4 Å². The number of nitriles is 1. The summed E-state index contributed by atoms with van der Waals surface area (Å²) in [5.74, 6) is -1.02. The fourth-order valence-electron chi connectivity index (χ4n) is 5.46. The summed E-state index contributed by atoms with van der Waals surface area (Å²) >= 11 is 7.66. The SMILES string of the molecule is C[C@H](CNc1nc(O[C@H]2COC[C@@H]2N(C)C)nc2c(F)c(-c3ccc(F)c4sc(N)c(C#N)c34)c(Cl)cc12)c1nccnc1N. The van der Waals surface area contributed by atoms with Gasteiger partial charge in [-0.15, -0.1) is 11.3 Å². The minimum Gasteiger partial charge on any atom is -0.456 e. The molecule has 0 unspecified atom stereocenters. The van der Waals surface area contributed by atoms with Crippen molar-refractivity contribution in [2.75, 3.05) is 50.6 Å². The van der Waals surface area contributed by atoms with Crippen LogP contribution >= 0.6 is 22.9 Å². The molecule has 15 heteroatoms. The number of likely N-dealkylation sites (N-methyl/N-ethyl adjacent to an activating group) is 1. The number of halogens is 3. The van der Waals surface area contributed by atoms with Gasteiger partial charge in [0.1, 0.15) is 40.1 Å². The van der Waals surface area contributed by atoms with Gasteiger partial charge in [0.05, 0.1) is 40.2 Å². The maximum Gasteiger partial charge on any atom is 0.319 e. The number of thiophene rings is 1. The molecule has 0 aliphatic carbocycles. The Balaban J connectivity index is 1.50. The van der Waals surface area contributed by atoms with Gasteiger partial charge in [0.2, 0.25) is 0 Å². The largest absolute Gasteiger partial charge is 0.456 e. The lowest BCUT2D eigenvalue weighted by Gasteiger charge is -2.24. The minimum absolute atomic E-state index is 0.00460. The summed E-state index contributed by atoms with van der Waals surface area (Å²) in [5.41, 5.74) is 12.8. The fourth-order valence-corrected chi connectivity index (χ4v) is 6.70. The number of fused-ring (bicyclic) bond motifs is 2. The van der Waals surface area contributed by atoms with E-state index in [0.29, 0.717) is 31.3 Å². The summed E-state index contributed by atoms with van der Waals surface area (Å²) in [7, 11) is 3.82. The maximum absolute atomic E-state index is 16.8. The van der Waals surface area contributed by atoms with Crippen molar-refractivity contribution in [3.05, 3.63) is 58.5 Å². The zero-order valence-electron chi connectivity index (χ0n) is 24.4. The Morgan fingerprint density at radius 1 is 1.22 bits per heavy atom. The summed E-state index contributed by atoms with van der Waals surface area (Å²) in [6, 6.07) is 5.96. The van der Waals surface area contributed by atoms with E-state index in [1.807, 2.05) is 32.0 Å². The molecular weight excluding hydrogens is 624 g/mol. The highest BCUT2D eigenvalue weighted by Gasteiger charge is 2.33. The molecule has 0 saturated carbocycles. The number of hydrogen-bond donors (Lipinski definition) is 3. The van der Waals surface area contributed by atoms with Gasteiger partial charge in [0.25, 0.3) is 0 Å². The fraction of sp³-hybridized carbons (Fsp3) is 0.300. The van der Waals surface area contributed by atoms with E-state index in [0.717, 1.165) is 11.3 Å². The summed E-state index contributed by atoms with van der Waals surface area (Å²) in [6.45, 7) is 2.97. The van der Waals surface area contributed by atoms with E-state index in [9.17, 15) is 9.65 Å². The summed E-state index contributed by atoms with van der Waals surface area (Å²) in [5, 5.41) is 13.6. The third-order valence-corrected chi connectivity index (χ3v) is 9.11. The van der Waals surface area contributed by atoms with Crippen molar-refractivity contribution < 1.29 is 18.3 Å². The average molecular weight is 652 g/mol. The first-order valence-corrected chi connectivity index (χ1v) is 15.1. The number of nitrogens with one attached hydrogen (secondary N) is 1. The minimum atomic E-state index is -0.799. The molecule has 2 aromatic carbocycles. The van der Waals surface area contributed by atoms with Gasteiger partial charge < -0.3 is 31.2 Å². The molecule has 0 radical (unpaired) electrons. The van der Waals surface area contributed by atoms with Crippen LogP contribution in [0.15, 0.2) is 30.6 Å². The first kappa shape index (κ1) is 30.6. The molecule has 3 aromatic heterocycles. The second-order valence-electron chi connectivity index (χ2n) is 10.9. The van der Waals surface area contributed by atoms with Crippen molar-refractivity contribution in [1.29, 1.82) is 5.26 Å². The van der Waals surface area contributed by atoms with Gasteiger partial charge in [-0.25, -0.2) is 13.8 Å². The summed E-state index contributed by atoms with van der Waals surface area (Å²) < 4.78 is 43.5. The number of anilines is 3. The zero-order chi connectivity index (χ0) is 32.0. The van der Waals surface area contributed by atoms with Crippen LogP contribution in [0.25, 0.3) is 32.1 Å². The highest BCUT2D eigenvalue weighted by Crippen LogP contribution is 2.45. The second kappa shape index (κ2) is 12.2. The first-order valence-electron chi connectivity index (χ1n) is 13.9. The molecule has 45 heavy (non-hydrogen) atoms. The zero-order valence-corrected chi connectivity index (χ0v) is 26.0. The molecule has 232 valence electrons. The van der Waals surface area contributed by atoms with Crippen molar-refractivity contribution in [3.8, 4) is 23.2 Å². The lowest BCUT2D eigenvalue weighted by Crippen LogP contribution is -2.41. The van der Waals surface area contributed by atoms with Crippen LogP contribution in [0.3, 0.4) is 0 Å². The molecule has 11 nitrogen and oxygen atoms in total. The van der Waals surface area contributed by atoms with Gasteiger partial charge in [-0.05, 0) is 31.8 Å². The standard InChI is InChI=1S/C30H28ClF2N9O2S/c1-13(24-27(35)38-7-6-37-24)10-39-29-15-8-17(31)22(14-4-5-18(32)26-21(14)16(9-34)28(36)45-26)23(33)25(15)40-30(41-29)44-20-12-43-11-19(20)42(2)3/h4-8,13,19-20H,10-12,36H2,1-3H3,(H2,35,38)(H,39,40,41)/t13-,19+,20+/m1/s1. The Hall–Kier alpha value is -4.42. The van der Waals surface area contributed by atoms with Crippen molar-refractivity contribution in [2.24, 2.45) is 0 Å². The van der Waals surface area contributed by atoms with Crippen LogP contribution in [-0.4, -0.2) is 70.8 Å². The number of hydrogen-bond acceptors (Lipinski definition) is 12. The number of ether oxygens (including phenoxy) is 2. The van der Waals surface area contributed by atoms with Crippen molar-refractivity contribution in [1.82, 2.24) is 24.8 Å². The van der Waals surface area contributed by atoms with Crippen LogP contribution in [0.5, 0.6) is 6.01 Å². The third kappa shape index (κ3) is 5.53. The van der Waals surface area contributed by atoms with E-state index in [4.69, 9.17) is 32.5 Å². The number of nitrogens with two attached hydrogens (primary N) is 2. The maximum atomic E-state index is 16.8. The molecule has 1 aliphatic rings. The quantitative estimate of drug-likeness (QED) is 0.202. The second-order valence-corrected chi connectivity index (χ2v) is 12.3. The van der Waals surface area contributed by atoms with E-state index in [1.165, 1.54) is 24.4 Å².